The summed E-state index contributed by atoms with van der Waals surface area (Å²) in [7, 11) is 4.86. The van der Waals surface area contributed by atoms with Crippen molar-refractivity contribution in [2.45, 2.75) is 17.6 Å². The highest BCUT2D eigenvalue weighted by Crippen LogP contribution is 2.57. The predicted molar refractivity (Wildman–Crippen MR) is 143 cm³/mol. The first-order valence-electron chi connectivity index (χ1n) is 12.5. The number of para-hydroxylation sites is 2. The molecule has 6 nitrogen and oxygen atoms in total. The second-order valence-electron chi connectivity index (χ2n) is 9.37. The summed E-state index contributed by atoms with van der Waals surface area (Å²) in [5.41, 5.74) is 2.90. The van der Waals surface area contributed by atoms with Gasteiger partial charge in [0.1, 0.15) is 11.7 Å². The molecule has 1 saturated heterocycles. The minimum atomic E-state index is -0.965. The highest BCUT2D eigenvalue weighted by atomic mass is 16.6. The molecule has 0 unspecified atom stereocenters. The molecular formula is C32H28O6. The standard InChI is InChI=1S/C32H28O6/c1-34-25-14-8-9-15-27(25)38-29-19-37-32(30(29)20-16-17-26(35-2)28(18-20)36-3)23-12-6-4-10-21(23)31(33)22-11-5-7-13-24(22)32/h4-18,29-30H,19H2,1-3H3/t29-,30-/m1/s1. The van der Waals surface area contributed by atoms with Gasteiger partial charge in [-0.2, -0.15) is 0 Å². The first-order valence-corrected chi connectivity index (χ1v) is 12.5. The molecule has 4 aromatic carbocycles. The summed E-state index contributed by atoms with van der Waals surface area (Å²) in [6.07, 6.45) is -0.404. The number of carbonyl (C=O) groups excluding carboxylic acids is 1. The van der Waals surface area contributed by atoms with Crippen molar-refractivity contribution in [3.05, 3.63) is 119 Å². The topological polar surface area (TPSA) is 63.2 Å². The molecule has 2 atom stereocenters. The zero-order chi connectivity index (χ0) is 26.3. The molecule has 2 aliphatic rings. The van der Waals surface area contributed by atoms with E-state index < -0.39 is 11.7 Å². The Morgan fingerprint density at radius 1 is 0.684 bits per heavy atom. The van der Waals surface area contributed by atoms with Crippen molar-refractivity contribution in [2.24, 2.45) is 0 Å². The van der Waals surface area contributed by atoms with Crippen LogP contribution in [0.1, 0.15) is 38.5 Å². The second-order valence-corrected chi connectivity index (χ2v) is 9.37. The van der Waals surface area contributed by atoms with Crippen LogP contribution in [0.15, 0.2) is 91.0 Å². The van der Waals surface area contributed by atoms with Crippen molar-refractivity contribution < 1.29 is 28.5 Å². The Morgan fingerprint density at radius 3 is 1.87 bits per heavy atom. The van der Waals surface area contributed by atoms with Crippen molar-refractivity contribution in [1.29, 1.82) is 0 Å². The van der Waals surface area contributed by atoms with Gasteiger partial charge in [0.15, 0.2) is 28.8 Å². The predicted octanol–water partition coefficient (Wildman–Crippen LogP) is 5.76. The number of fused-ring (bicyclic) bond motifs is 4. The Morgan fingerprint density at radius 2 is 1.24 bits per heavy atom. The van der Waals surface area contributed by atoms with Crippen molar-refractivity contribution in [2.75, 3.05) is 27.9 Å². The molecule has 6 rings (SSSR count). The van der Waals surface area contributed by atoms with Crippen LogP contribution in [0, 0.1) is 0 Å². The van der Waals surface area contributed by atoms with Gasteiger partial charge in [-0.05, 0) is 29.8 Å². The number of carbonyl (C=O) groups is 1. The smallest absolute Gasteiger partial charge is 0.193 e. The Balaban J connectivity index is 1.60. The Hall–Kier alpha value is -4.29. The number of ether oxygens (including phenoxy) is 5. The van der Waals surface area contributed by atoms with Crippen LogP contribution < -0.4 is 18.9 Å². The molecule has 4 aromatic rings. The van der Waals surface area contributed by atoms with E-state index in [1.807, 2.05) is 91.0 Å². The summed E-state index contributed by atoms with van der Waals surface area (Å²) in [5, 5.41) is 0. The van der Waals surface area contributed by atoms with E-state index in [1.54, 1.807) is 21.3 Å². The highest BCUT2D eigenvalue weighted by Gasteiger charge is 2.58. The van der Waals surface area contributed by atoms with Gasteiger partial charge in [-0.3, -0.25) is 4.79 Å². The van der Waals surface area contributed by atoms with Crippen LogP contribution in [-0.2, 0) is 10.3 Å². The molecule has 0 radical (unpaired) electrons. The fourth-order valence-electron chi connectivity index (χ4n) is 5.93. The largest absolute Gasteiger partial charge is 0.493 e. The number of methoxy groups -OCH3 is 3. The fourth-order valence-corrected chi connectivity index (χ4v) is 5.93. The summed E-state index contributed by atoms with van der Waals surface area (Å²) < 4.78 is 30.3. The maximum absolute atomic E-state index is 13.6. The molecule has 1 aliphatic heterocycles. The van der Waals surface area contributed by atoms with Gasteiger partial charge >= 0.3 is 0 Å². The molecule has 0 amide bonds. The van der Waals surface area contributed by atoms with Gasteiger partial charge in [-0.15, -0.1) is 0 Å². The molecule has 0 saturated carbocycles. The third kappa shape index (κ3) is 3.56. The van der Waals surface area contributed by atoms with Gasteiger partial charge in [0.25, 0.3) is 0 Å². The van der Waals surface area contributed by atoms with E-state index in [1.165, 1.54) is 0 Å². The maximum Gasteiger partial charge on any atom is 0.193 e. The molecule has 0 bridgehead atoms. The molecule has 1 heterocycles. The van der Waals surface area contributed by atoms with E-state index in [0.29, 0.717) is 40.7 Å². The van der Waals surface area contributed by atoms with Gasteiger partial charge in [-0.1, -0.05) is 66.7 Å². The van der Waals surface area contributed by atoms with Crippen LogP contribution >= 0.6 is 0 Å². The monoisotopic (exact) mass is 508 g/mol. The molecule has 1 aliphatic carbocycles. The lowest BCUT2D eigenvalue weighted by Crippen LogP contribution is -2.42. The van der Waals surface area contributed by atoms with Crippen molar-refractivity contribution in [3.8, 4) is 23.0 Å². The van der Waals surface area contributed by atoms with E-state index >= 15 is 0 Å². The first kappa shape index (κ1) is 24.1. The molecule has 1 spiro atoms. The number of ketones is 1. The van der Waals surface area contributed by atoms with Crippen molar-refractivity contribution >= 4 is 5.78 Å². The van der Waals surface area contributed by atoms with Gasteiger partial charge in [-0.25, -0.2) is 0 Å². The minimum Gasteiger partial charge on any atom is -0.493 e. The first-order chi connectivity index (χ1) is 18.6. The molecular weight excluding hydrogens is 480 g/mol. The Labute approximate surface area is 221 Å². The molecule has 1 fully saturated rings. The highest BCUT2D eigenvalue weighted by molar-refractivity contribution is 6.13. The van der Waals surface area contributed by atoms with E-state index in [0.717, 1.165) is 16.7 Å². The SMILES string of the molecule is COc1ccc([C@@H]2[C@H](Oc3ccccc3OC)COC23c2ccccc2C(=O)c2ccccc23)cc1OC. The van der Waals surface area contributed by atoms with Crippen LogP contribution in [-0.4, -0.2) is 39.8 Å². The zero-order valence-corrected chi connectivity index (χ0v) is 21.5. The van der Waals surface area contributed by atoms with Crippen LogP contribution in [0.5, 0.6) is 23.0 Å². The normalized spacial score (nSPS) is 19.0. The summed E-state index contributed by atoms with van der Waals surface area (Å²) in [6, 6.07) is 28.9. The maximum atomic E-state index is 13.6. The van der Waals surface area contributed by atoms with Crippen LogP contribution in [0.4, 0.5) is 0 Å². The summed E-state index contributed by atoms with van der Waals surface area (Å²) in [6.45, 7) is 0.300. The van der Waals surface area contributed by atoms with E-state index in [4.69, 9.17) is 23.7 Å². The second kappa shape index (κ2) is 9.54. The zero-order valence-electron chi connectivity index (χ0n) is 21.5. The van der Waals surface area contributed by atoms with Gasteiger partial charge in [0, 0.05) is 22.3 Å². The lowest BCUT2D eigenvalue weighted by atomic mass is 9.66. The average Bonchev–Trinajstić information content (AvgIpc) is 3.35. The van der Waals surface area contributed by atoms with E-state index in [2.05, 4.69) is 0 Å². The van der Waals surface area contributed by atoms with Crippen molar-refractivity contribution in [3.63, 3.8) is 0 Å². The summed E-state index contributed by atoms with van der Waals surface area (Å²) >= 11 is 0. The van der Waals surface area contributed by atoms with Crippen molar-refractivity contribution in [1.82, 2.24) is 0 Å². The molecule has 0 N–H and O–H groups in total. The molecule has 38 heavy (non-hydrogen) atoms. The van der Waals surface area contributed by atoms with Gasteiger partial charge < -0.3 is 23.7 Å². The lowest BCUT2D eigenvalue weighted by molar-refractivity contribution is 0.0212. The quantitative estimate of drug-likeness (QED) is 0.330. The van der Waals surface area contributed by atoms with Crippen LogP contribution in [0.3, 0.4) is 0 Å². The summed E-state index contributed by atoms with van der Waals surface area (Å²) in [4.78, 5) is 13.6. The molecule has 192 valence electrons. The van der Waals surface area contributed by atoms with E-state index in [9.17, 15) is 4.79 Å². The lowest BCUT2D eigenvalue weighted by Gasteiger charge is -2.41. The number of benzene rings is 4. The number of hydrogen-bond donors (Lipinski definition) is 0. The molecule has 0 aromatic heterocycles. The van der Waals surface area contributed by atoms with Crippen LogP contribution in [0.25, 0.3) is 0 Å². The van der Waals surface area contributed by atoms with E-state index in [-0.39, 0.29) is 11.7 Å². The third-order valence-corrected chi connectivity index (χ3v) is 7.54. The number of rotatable bonds is 6. The van der Waals surface area contributed by atoms with Gasteiger partial charge in [0.05, 0.1) is 33.9 Å². The Kier molecular flexibility index (Phi) is 6.04. The van der Waals surface area contributed by atoms with Gasteiger partial charge in [0.2, 0.25) is 0 Å². The fraction of sp³-hybridized carbons (Fsp3) is 0.219. The average molecular weight is 509 g/mol. The third-order valence-electron chi connectivity index (χ3n) is 7.54. The van der Waals surface area contributed by atoms with Crippen LogP contribution in [0.2, 0.25) is 0 Å². The summed E-state index contributed by atoms with van der Waals surface area (Å²) in [5.74, 6) is 2.16. The minimum absolute atomic E-state index is 0.00872. The number of hydrogen-bond acceptors (Lipinski definition) is 6. The molecule has 6 heteroatoms. The Bertz CT molecular complexity index is 1460.